The molecule has 0 aliphatic carbocycles. The van der Waals surface area contributed by atoms with Gasteiger partial charge in [0.05, 0.1) is 0 Å². The average molecular weight is 181 g/mol. The first-order valence-electron chi connectivity index (χ1n) is 3.77. The molecule has 5 heteroatoms. The third-order valence-corrected chi connectivity index (χ3v) is 1.46. The first-order chi connectivity index (χ1) is 6.00. The Kier molecular flexibility index (Phi) is 2.46. The fourth-order valence-corrected chi connectivity index (χ4v) is 0.862. The lowest BCUT2D eigenvalue weighted by atomic mass is 10.3. The third kappa shape index (κ3) is 2.14. The molecule has 0 aliphatic rings. The van der Waals surface area contributed by atoms with Crippen LogP contribution in [-0.4, -0.2) is 35.1 Å². The molecular formula is C8H11N3O2. The van der Waals surface area contributed by atoms with Crippen LogP contribution in [-0.2, 0) is 0 Å². The SMILES string of the molecule is Cc1cc(C(=O)O)nc(N(C)C)n1. The van der Waals surface area contributed by atoms with Crippen molar-refractivity contribution in [2.75, 3.05) is 19.0 Å². The van der Waals surface area contributed by atoms with Crippen molar-refractivity contribution in [3.63, 3.8) is 0 Å². The van der Waals surface area contributed by atoms with E-state index in [0.717, 1.165) is 0 Å². The number of carboxylic acid groups (broad SMARTS) is 1. The first kappa shape index (κ1) is 9.44. The largest absolute Gasteiger partial charge is 0.477 e. The highest BCUT2D eigenvalue weighted by Crippen LogP contribution is 2.06. The van der Waals surface area contributed by atoms with Gasteiger partial charge in [0.15, 0.2) is 5.69 Å². The zero-order valence-electron chi connectivity index (χ0n) is 7.77. The van der Waals surface area contributed by atoms with E-state index in [1.54, 1.807) is 25.9 Å². The van der Waals surface area contributed by atoms with E-state index in [1.807, 2.05) is 0 Å². The molecule has 0 bridgehead atoms. The van der Waals surface area contributed by atoms with Gasteiger partial charge in [-0.25, -0.2) is 14.8 Å². The van der Waals surface area contributed by atoms with Crippen LogP contribution in [0, 0.1) is 6.92 Å². The van der Waals surface area contributed by atoms with Crippen LogP contribution in [0.25, 0.3) is 0 Å². The smallest absolute Gasteiger partial charge is 0.354 e. The van der Waals surface area contributed by atoms with Crippen molar-refractivity contribution in [3.8, 4) is 0 Å². The Bertz CT molecular complexity index is 336. The average Bonchev–Trinajstić information content (AvgIpc) is 2.03. The Morgan fingerprint density at radius 2 is 2.08 bits per heavy atom. The number of carbonyl (C=O) groups is 1. The lowest BCUT2D eigenvalue weighted by Crippen LogP contribution is -2.15. The number of rotatable bonds is 2. The van der Waals surface area contributed by atoms with E-state index in [2.05, 4.69) is 9.97 Å². The molecule has 1 N–H and O–H groups in total. The van der Waals surface area contributed by atoms with Crippen molar-refractivity contribution in [1.82, 2.24) is 9.97 Å². The summed E-state index contributed by atoms with van der Waals surface area (Å²) in [5, 5.41) is 8.71. The zero-order chi connectivity index (χ0) is 10.0. The minimum Gasteiger partial charge on any atom is -0.477 e. The summed E-state index contributed by atoms with van der Waals surface area (Å²) >= 11 is 0. The number of hydrogen-bond donors (Lipinski definition) is 1. The van der Waals surface area contributed by atoms with Gasteiger partial charge in [-0.2, -0.15) is 0 Å². The molecule has 70 valence electrons. The van der Waals surface area contributed by atoms with Crippen molar-refractivity contribution in [2.45, 2.75) is 6.92 Å². The predicted molar refractivity (Wildman–Crippen MR) is 48.1 cm³/mol. The molecule has 1 aromatic rings. The summed E-state index contributed by atoms with van der Waals surface area (Å²) < 4.78 is 0. The van der Waals surface area contributed by atoms with Crippen LogP contribution in [0.4, 0.5) is 5.95 Å². The molecule has 13 heavy (non-hydrogen) atoms. The number of hydrogen-bond acceptors (Lipinski definition) is 4. The van der Waals surface area contributed by atoms with Crippen LogP contribution in [0.15, 0.2) is 6.07 Å². The van der Waals surface area contributed by atoms with E-state index < -0.39 is 5.97 Å². The van der Waals surface area contributed by atoms with Crippen molar-refractivity contribution >= 4 is 11.9 Å². The van der Waals surface area contributed by atoms with Crippen molar-refractivity contribution in [2.24, 2.45) is 0 Å². The Balaban J connectivity index is 3.19. The Morgan fingerprint density at radius 1 is 1.46 bits per heavy atom. The number of aromatic nitrogens is 2. The van der Waals surface area contributed by atoms with Crippen molar-refractivity contribution in [3.05, 3.63) is 17.5 Å². The molecule has 0 amide bonds. The summed E-state index contributed by atoms with van der Waals surface area (Å²) in [6.45, 7) is 1.74. The summed E-state index contributed by atoms with van der Waals surface area (Å²) in [7, 11) is 3.53. The Labute approximate surface area is 76.0 Å². The second-order valence-corrected chi connectivity index (χ2v) is 2.89. The van der Waals surface area contributed by atoms with Crippen LogP contribution in [0.5, 0.6) is 0 Å². The maximum absolute atomic E-state index is 10.6. The fourth-order valence-electron chi connectivity index (χ4n) is 0.862. The highest BCUT2D eigenvalue weighted by atomic mass is 16.4. The van der Waals surface area contributed by atoms with Gasteiger partial charge in [0.25, 0.3) is 0 Å². The number of nitrogens with zero attached hydrogens (tertiary/aromatic N) is 3. The van der Waals surface area contributed by atoms with Crippen LogP contribution < -0.4 is 4.90 Å². The van der Waals surface area contributed by atoms with E-state index in [0.29, 0.717) is 11.6 Å². The molecule has 0 aromatic carbocycles. The lowest BCUT2D eigenvalue weighted by molar-refractivity contribution is 0.0690. The number of anilines is 1. The lowest BCUT2D eigenvalue weighted by Gasteiger charge is -2.10. The van der Waals surface area contributed by atoms with Gasteiger partial charge in [-0.1, -0.05) is 0 Å². The minimum absolute atomic E-state index is 0.0243. The van der Waals surface area contributed by atoms with E-state index in [-0.39, 0.29) is 5.69 Å². The van der Waals surface area contributed by atoms with Gasteiger partial charge in [-0.15, -0.1) is 0 Å². The van der Waals surface area contributed by atoms with Crippen molar-refractivity contribution < 1.29 is 9.90 Å². The third-order valence-electron chi connectivity index (χ3n) is 1.46. The topological polar surface area (TPSA) is 66.3 Å². The molecule has 1 heterocycles. The summed E-state index contributed by atoms with van der Waals surface area (Å²) in [5.74, 6) is -0.619. The van der Waals surface area contributed by atoms with Crippen molar-refractivity contribution in [1.29, 1.82) is 0 Å². The van der Waals surface area contributed by atoms with Crippen LogP contribution in [0.3, 0.4) is 0 Å². The van der Waals surface area contributed by atoms with Gasteiger partial charge in [0, 0.05) is 19.8 Å². The van der Waals surface area contributed by atoms with Gasteiger partial charge in [-0.3, -0.25) is 0 Å². The molecule has 0 unspecified atom stereocenters. The Morgan fingerprint density at radius 3 is 2.54 bits per heavy atom. The number of aryl methyl sites for hydroxylation is 1. The molecule has 0 fully saturated rings. The molecule has 0 atom stereocenters. The minimum atomic E-state index is -1.03. The predicted octanol–water partition coefficient (Wildman–Crippen LogP) is 0.549. The standard InChI is InChI=1S/C8H11N3O2/c1-5-4-6(7(12)13)10-8(9-5)11(2)3/h4H,1-3H3,(H,12,13). The molecule has 0 radical (unpaired) electrons. The molecule has 1 aromatic heterocycles. The van der Waals surface area contributed by atoms with Crippen LogP contribution in [0.2, 0.25) is 0 Å². The summed E-state index contributed by atoms with van der Waals surface area (Å²) in [6, 6.07) is 1.44. The number of aromatic carboxylic acids is 1. The number of carboxylic acids is 1. The maximum atomic E-state index is 10.6. The fraction of sp³-hybridized carbons (Fsp3) is 0.375. The van der Waals surface area contributed by atoms with Gasteiger partial charge in [0.2, 0.25) is 5.95 Å². The molecule has 5 nitrogen and oxygen atoms in total. The van der Waals surface area contributed by atoms with E-state index in [9.17, 15) is 4.79 Å². The molecule has 0 saturated heterocycles. The monoisotopic (exact) mass is 181 g/mol. The second-order valence-electron chi connectivity index (χ2n) is 2.89. The van der Waals surface area contributed by atoms with E-state index in [4.69, 9.17) is 5.11 Å². The van der Waals surface area contributed by atoms with Gasteiger partial charge >= 0.3 is 5.97 Å². The first-order valence-corrected chi connectivity index (χ1v) is 3.77. The molecule has 0 spiro atoms. The highest BCUT2D eigenvalue weighted by Gasteiger charge is 2.08. The normalized spacial score (nSPS) is 9.77. The van der Waals surface area contributed by atoms with E-state index >= 15 is 0 Å². The highest BCUT2D eigenvalue weighted by molar-refractivity contribution is 5.85. The Hall–Kier alpha value is -1.65. The van der Waals surface area contributed by atoms with Gasteiger partial charge in [0.1, 0.15) is 0 Å². The maximum Gasteiger partial charge on any atom is 0.354 e. The summed E-state index contributed by atoms with van der Waals surface area (Å²) in [6.07, 6.45) is 0. The molecule has 0 aliphatic heterocycles. The quantitative estimate of drug-likeness (QED) is 0.721. The van der Waals surface area contributed by atoms with Gasteiger partial charge in [-0.05, 0) is 13.0 Å². The van der Waals surface area contributed by atoms with E-state index in [1.165, 1.54) is 6.07 Å². The van der Waals surface area contributed by atoms with Gasteiger partial charge < -0.3 is 10.0 Å². The summed E-state index contributed by atoms with van der Waals surface area (Å²) in [4.78, 5) is 20.2. The second kappa shape index (κ2) is 3.38. The molecular weight excluding hydrogens is 170 g/mol. The van der Waals surface area contributed by atoms with Crippen LogP contribution in [0.1, 0.15) is 16.2 Å². The zero-order valence-corrected chi connectivity index (χ0v) is 7.77. The summed E-state index contributed by atoms with van der Waals surface area (Å²) in [5.41, 5.74) is 0.673. The molecule has 1 rings (SSSR count). The molecule has 0 saturated carbocycles. The van der Waals surface area contributed by atoms with Crippen LogP contribution >= 0.6 is 0 Å².